The molecule has 0 atom stereocenters. The lowest BCUT2D eigenvalue weighted by Gasteiger charge is -2.39. The highest BCUT2D eigenvalue weighted by atomic mass is 16.4. The molecule has 17 heavy (non-hydrogen) atoms. The second-order valence-corrected chi connectivity index (χ2v) is 5.02. The minimum absolute atomic E-state index is 0.727. The van der Waals surface area contributed by atoms with Crippen molar-refractivity contribution >= 4 is 5.97 Å². The van der Waals surface area contributed by atoms with Crippen molar-refractivity contribution in [1.29, 1.82) is 0 Å². The molecule has 2 saturated heterocycles. The van der Waals surface area contributed by atoms with Crippen LogP contribution >= 0.6 is 0 Å². The van der Waals surface area contributed by atoms with Crippen LogP contribution in [0.2, 0.25) is 0 Å². The maximum Gasteiger partial charge on any atom is 0.329 e. The van der Waals surface area contributed by atoms with Gasteiger partial charge in [0.25, 0.3) is 0 Å². The van der Waals surface area contributed by atoms with Crippen LogP contribution in [0.15, 0.2) is 12.3 Å². The number of hydrogen-bond donors (Lipinski definition) is 1. The quantitative estimate of drug-likeness (QED) is 0.757. The van der Waals surface area contributed by atoms with Gasteiger partial charge in [-0.15, -0.1) is 0 Å². The van der Waals surface area contributed by atoms with E-state index >= 15 is 0 Å². The van der Waals surface area contributed by atoms with E-state index in [-0.39, 0.29) is 0 Å². The fourth-order valence-electron chi connectivity index (χ4n) is 2.85. The normalized spacial score (nSPS) is 24.4. The van der Waals surface area contributed by atoms with Crippen LogP contribution in [0.25, 0.3) is 0 Å². The molecule has 96 valence electrons. The molecule has 2 fully saturated rings. The summed E-state index contributed by atoms with van der Waals surface area (Å²) in [4.78, 5) is 15.2. The molecule has 0 amide bonds. The molecule has 2 aliphatic heterocycles. The minimum Gasteiger partial charge on any atom is -0.478 e. The lowest BCUT2D eigenvalue weighted by Crippen LogP contribution is -2.45. The van der Waals surface area contributed by atoms with Gasteiger partial charge in [-0.1, -0.05) is 6.42 Å². The van der Waals surface area contributed by atoms with E-state index in [0.29, 0.717) is 0 Å². The Morgan fingerprint density at radius 3 is 2.29 bits per heavy atom. The van der Waals surface area contributed by atoms with E-state index in [1.54, 1.807) is 6.20 Å². The summed E-state index contributed by atoms with van der Waals surface area (Å²) in [5.74, 6) is -0.858. The smallest absolute Gasteiger partial charge is 0.329 e. The van der Waals surface area contributed by atoms with Gasteiger partial charge in [-0.2, -0.15) is 0 Å². The number of carbonyl (C=O) groups is 1. The highest BCUT2D eigenvalue weighted by Gasteiger charge is 2.24. The van der Waals surface area contributed by atoms with E-state index in [4.69, 9.17) is 5.11 Å². The van der Waals surface area contributed by atoms with Crippen LogP contribution in [0.1, 0.15) is 32.1 Å². The predicted molar refractivity (Wildman–Crippen MR) is 66.8 cm³/mol. The monoisotopic (exact) mass is 238 g/mol. The maximum atomic E-state index is 10.4. The standard InChI is InChI=1S/C13H22N2O2/c16-13(17)6-11-14-9-4-12(5-10-14)15-7-2-1-3-8-15/h6,11-12H,1-5,7-10H2,(H,16,17). The van der Waals surface area contributed by atoms with Gasteiger partial charge in [0, 0.05) is 31.4 Å². The second-order valence-electron chi connectivity index (χ2n) is 5.02. The summed E-state index contributed by atoms with van der Waals surface area (Å²) in [6, 6.07) is 0.727. The van der Waals surface area contributed by atoms with Crippen LogP contribution < -0.4 is 0 Å². The largest absolute Gasteiger partial charge is 0.478 e. The molecule has 0 aliphatic carbocycles. The van der Waals surface area contributed by atoms with Crippen LogP contribution in [0.5, 0.6) is 0 Å². The number of hydrogen-bond acceptors (Lipinski definition) is 3. The molecular formula is C13H22N2O2. The number of rotatable bonds is 3. The SMILES string of the molecule is O=C(O)C=CN1CCC(N2CCCCC2)CC1. The van der Waals surface area contributed by atoms with E-state index in [0.717, 1.165) is 19.1 Å². The van der Waals surface area contributed by atoms with E-state index in [9.17, 15) is 4.79 Å². The lowest BCUT2D eigenvalue weighted by atomic mass is 10.0. The molecule has 0 aromatic heterocycles. The average Bonchev–Trinajstić information content (AvgIpc) is 2.38. The van der Waals surface area contributed by atoms with Crippen molar-refractivity contribution in [3.8, 4) is 0 Å². The first-order chi connectivity index (χ1) is 8.25. The fraction of sp³-hybridized carbons (Fsp3) is 0.769. The molecule has 0 spiro atoms. The zero-order valence-corrected chi connectivity index (χ0v) is 10.3. The number of nitrogens with zero attached hydrogens (tertiary/aromatic N) is 2. The molecule has 2 heterocycles. The van der Waals surface area contributed by atoms with Gasteiger partial charge in [0.2, 0.25) is 0 Å². The third-order valence-corrected chi connectivity index (χ3v) is 3.83. The number of aliphatic carboxylic acids is 1. The van der Waals surface area contributed by atoms with Crippen molar-refractivity contribution in [2.75, 3.05) is 26.2 Å². The summed E-state index contributed by atoms with van der Waals surface area (Å²) in [7, 11) is 0. The van der Waals surface area contributed by atoms with Crippen molar-refractivity contribution in [2.45, 2.75) is 38.1 Å². The summed E-state index contributed by atoms with van der Waals surface area (Å²) in [5, 5.41) is 8.58. The highest BCUT2D eigenvalue weighted by molar-refractivity contribution is 5.79. The first kappa shape index (κ1) is 12.4. The van der Waals surface area contributed by atoms with Crippen molar-refractivity contribution in [2.24, 2.45) is 0 Å². The van der Waals surface area contributed by atoms with Crippen LogP contribution in [-0.4, -0.2) is 53.1 Å². The topological polar surface area (TPSA) is 43.8 Å². The Morgan fingerprint density at radius 1 is 1.06 bits per heavy atom. The Bertz CT molecular complexity index is 277. The zero-order valence-electron chi connectivity index (χ0n) is 10.3. The molecular weight excluding hydrogens is 216 g/mol. The summed E-state index contributed by atoms with van der Waals surface area (Å²) in [6.45, 7) is 4.50. The number of carboxylic acid groups (broad SMARTS) is 1. The van der Waals surface area contributed by atoms with Crippen LogP contribution in [0.4, 0.5) is 0 Å². The Morgan fingerprint density at radius 2 is 1.71 bits per heavy atom. The molecule has 2 aliphatic rings. The summed E-state index contributed by atoms with van der Waals surface area (Å²) < 4.78 is 0. The first-order valence-electron chi connectivity index (χ1n) is 6.65. The van der Waals surface area contributed by atoms with Gasteiger partial charge in [-0.05, 0) is 38.8 Å². The van der Waals surface area contributed by atoms with Gasteiger partial charge in [0.15, 0.2) is 0 Å². The Balaban J connectivity index is 1.75. The maximum absolute atomic E-state index is 10.4. The number of carboxylic acids is 1. The molecule has 0 aromatic carbocycles. The summed E-state index contributed by atoms with van der Waals surface area (Å²) >= 11 is 0. The lowest BCUT2D eigenvalue weighted by molar-refractivity contribution is -0.131. The van der Waals surface area contributed by atoms with Crippen molar-refractivity contribution < 1.29 is 9.90 Å². The highest BCUT2D eigenvalue weighted by Crippen LogP contribution is 2.20. The van der Waals surface area contributed by atoms with Gasteiger partial charge in [-0.25, -0.2) is 4.79 Å². The molecule has 2 rings (SSSR count). The molecule has 0 radical (unpaired) electrons. The van der Waals surface area contributed by atoms with Crippen molar-refractivity contribution in [3.63, 3.8) is 0 Å². The molecule has 0 saturated carbocycles. The van der Waals surface area contributed by atoms with Gasteiger partial charge in [0.05, 0.1) is 0 Å². The molecule has 4 heteroatoms. The minimum atomic E-state index is -0.858. The third-order valence-electron chi connectivity index (χ3n) is 3.83. The molecule has 0 unspecified atom stereocenters. The molecule has 4 nitrogen and oxygen atoms in total. The first-order valence-corrected chi connectivity index (χ1v) is 6.65. The molecule has 0 bridgehead atoms. The fourth-order valence-corrected chi connectivity index (χ4v) is 2.85. The Labute approximate surface area is 103 Å². The predicted octanol–water partition coefficient (Wildman–Crippen LogP) is 1.53. The second kappa shape index (κ2) is 6.05. The van der Waals surface area contributed by atoms with E-state index in [2.05, 4.69) is 9.80 Å². The van der Waals surface area contributed by atoms with Crippen LogP contribution in [0.3, 0.4) is 0 Å². The number of likely N-dealkylation sites (tertiary alicyclic amines) is 2. The van der Waals surface area contributed by atoms with Gasteiger partial charge in [-0.3, -0.25) is 0 Å². The van der Waals surface area contributed by atoms with E-state index in [1.807, 2.05) is 0 Å². The summed E-state index contributed by atoms with van der Waals surface area (Å²) in [5.41, 5.74) is 0. The van der Waals surface area contributed by atoms with Gasteiger partial charge >= 0.3 is 5.97 Å². The van der Waals surface area contributed by atoms with Gasteiger partial charge in [0.1, 0.15) is 0 Å². The van der Waals surface area contributed by atoms with E-state index < -0.39 is 5.97 Å². The average molecular weight is 238 g/mol. The van der Waals surface area contributed by atoms with Crippen LogP contribution in [0, 0.1) is 0 Å². The third kappa shape index (κ3) is 3.73. The zero-order chi connectivity index (χ0) is 12.1. The van der Waals surface area contributed by atoms with Crippen molar-refractivity contribution in [3.05, 3.63) is 12.3 Å². The van der Waals surface area contributed by atoms with Crippen molar-refractivity contribution in [1.82, 2.24) is 9.80 Å². The molecule has 0 aromatic rings. The molecule has 1 N–H and O–H groups in total. The van der Waals surface area contributed by atoms with E-state index in [1.165, 1.54) is 51.3 Å². The summed E-state index contributed by atoms with van der Waals surface area (Å²) in [6.07, 6.45) is 9.37. The number of piperidine rings is 2. The Hall–Kier alpha value is -1.03. The van der Waals surface area contributed by atoms with Gasteiger partial charge < -0.3 is 14.9 Å². The Kier molecular flexibility index (Phi) is 4.42. The van der Waals surface area contributed by atoms with Crippen LogP contribution in [-0.2, 0) is 4.79 Å².